The fourth-order valence-corrected chi connectivity index (χ4v) is 5.72. The number of anilines is 2. The van der Waals surface area contributed by atoms with Crippen LogP contribution in [0.3, 0.4) is 0 Å². The maximum absolute atomic E-state index is 14.2. The number of carbonyl (C=O) groups is 2. The number of halogens is 1. The number of nitrogens with zero attached hydrogens (tertiary/aromatic N) is 1. The van der Waals surface area contributed by atoms with Gasteiger partial charge in [-0.25, -0.2) is 4.39 Å². The van der Waals surface area contributed by atoms with Crippen LogP contribution in [0.1, 0.15) is 32.6 Å². The van der Waals surface area contributed by atoms with E-state index in [9.17, 15) is 14.0 Å². The summed E-state index contributed by atoms with van der Waals surface area (Å²) in [4.78, 5) is 28.6. The van der Waals surface area contributed by atoms with E-state index in [4.69, 9.17) is 9.47 Å². The molecule has 0 fully saturated rings. The SMILES string of the molecule is O=C(Nc1cccc(F)c1)c1ccc(CN2C(=O)C3(COc4cc5c(cc43)CCO5)c3ccccc32)cc1. The fraction of sp³-hybridized carbons (Fsp3) is 0.161. The first-order chi connectivity index (χ1) is 18.5. The molecule has 0 bridgehead atoms. The first-order valence-electron chi connectivity index (χ1n) is 12.5. The minimum atomic E-state index is -0.895. The molecule has 0 aliphatic carbocycles. The van der Waals surface area contributed by atoms with Crippen LogP contribution in [-0.2, 0) is 23.2 Å². The zero-order chi connectivity index (χ0) is 25.9. The minimum absolute atomic E-state index is 0.0239. The van der Waals surface area contributed by atoms with Crippen molar-refractivity contribution in [1.82, 2.24) is 0 Å². The third-order valence-electron chi connectivity index (χ3n) is 7.60. The van der Waals surface area contributed by atoms with Crippen molar-refractivity contribution in [2.24, 2.45) is 0 Å². The lowest BCUT2D eigenvalue weighted by atomic mass is 9.76. The van der Waals surface area contributed by atoms with E-state index in [0.717, 1.165) is 40.1 Å². The quantitative estimate of drug-likeness (QED) is 0.411. The monoisotopic (exact) mass is 506 g/mol. The van der Waals surface area contributed by atoms with Gasteiger partial charge in [-0.05, 0) is 59.2 Å². The van der Waals surface area contributed by atoms with Gasteiger partial charge in [0.25, 0.3) is 5.91 Å². The molecule has 0 aromatic heterocycles. The Labute approximate surface area is 218 Å². The van der Waals surface area contributed by atoms with Gasteiger partial charge in [-0.1, -0.05) is 36.4 Å². The first-order valence-corrected chi connectivity index (χ1v) is 12.5. The number of ether oxygens (including phenoxy) is 2. The van der Waals surface area contributed by atoms with Crippen molar-refractivity contribution in [2.45, 2.75) is 18.4 Å². The number of hydrogen-bond acceptors (Lipinski definition) is 4. The van der Waals surface area contributed by atoms with Gasteiger partial charge in [0.2, 0.25) is 5.91 Å². The predicted molar refractivity (Wildman–Crippen MR) is 140 cm³/mol. The Balaban J connectivity index is 1.17. The molecule has 6 nitrogen and oxygen atoms in total. The Morgan fingerprint density at radius 2 is 1.76 bits per heavy atom. The van der Waals surface area contributed by atoms with Crippen LogP contribution in [0.2, 0.25) is 0 Å². The van der Waals surface area contributed by atoms with Crippen molar-refractivity contribution < 1.29 is 23.5 Å². The van der Waals surface area contributed by atoms with Crippen molar-refractivity contribution >= 4 is 23.2 Å². The number of rotatable bonds is 4. The van der Waals surface area contributed by atoms with Gasteiger partial charge in [0, 0.05) is 35.0 Å². The maximum atomic E-state index is 14.2. The Morgan fingerprint density at radius 3 is 2.61 bits per heavy atom. The minimum Gasteiger partial charge on any atom is -0.493 e. The van der Waals surface area contributed by atoms with Crippen molar-refractivity contribution in [2.75, 3.05) is 23.4 Å². The number of benzene rings is 4. The van der Waals surface area contributed by atoms with Gasteiger partial charge in [0.05, 0.1) is 13.2 Å². The molecule has 1 spiro atoms. The molecule has 3 aliphatic rings. The van der Waals surface area contributed by atoms with E-state index in [0.29, 0.717) is 30.2 Å². The van der Waals surface area contributed by atoms with E-state index < -0.39 is 11.2 Å². The number of nitrogens with one attached hydrogen (secondary N) is 1. The molecule has 188 valence electrons. The summed E-state index contributed by atoms with van der Waals surface area (Å²) in [6, 6.07) is 24.7. The normalized spacial score (nSPS) is 18.6. The second-order valence-corrected chi connectivity index (χ2v) is 9.82. The Kier molecular flexibility index (Phi) is 5.01. The van der Waals surface area contributed by atoms with E-state index in [-0.39, 0.29) is 18.4 Å². The molecule has 38 heavy (non-hydrogen) atoms. The zero-order valence-electron chi connectivity index (χ0n) is 20.4. The molecule has 3 aliphatic heterocycles. The zero-order valence-corrected chi connectivity index (χ0v) is 20.4. The topological polar surface area (TPSA) is 67.9 Å². The predicted octanol–water partition coefficient (Wildman–Crippen LogP) is 5.24. The fourth-order valence-electron chi connectivity index (χ4n) is 5.72. The smallest absolute Gasteiger partial charge is 0.255 e. The van der Waals surface area contributed by atoms with Crippen LogP contribution in [0, 0.1) is 5.82 Å². The van der Waals surface area contributed by atoms with E-state index in [1.54, 1.807) is 29.2 Å². The van der Waals surface area contributed by atoms with Crippen LogP contribution >= 0.6 is 0 Å². The van der Waals surface area contributed by atoms with Gasteiger partial charge >= 0.3 is 0 Å². The van der Waals surface area contributed by atoms with Gasteiger partial charge in [-0.15, -0.1) is 0 Å². The standard InChI is InChI=1S/C31H23FN2O4/c32-22-4-3-5-23(15-22)33-29(35)20-10-8-19(9-11-20)17-34-26-7-2-1-6-24(26)31(30(34)36)18-38-28-16-27-21(12-13-37-27)14-25(28)31/h1-11,14-16H,12-13,17-18H2,(H,33,35). The summed E-state index contributed by atoms with van der Waals surface area (Å²) in [5, 5.41) is 2.71. The number of fused-ring (bicyclic) bond motifs is 5. The van der Waals surface area contributed by atoms with Crippen molar-refractivity contribution in [3.05, 3.63) is 119 Å². The Bertz CT molecular complexity index is 1620. The second-order valence-electron chi connectivity index (χ2n) is 9.82. The number of hydrogen-bond donors (Lipinski definition) is 1. The maximum Gasteiger partial charge on any atom is 0.255 e. The Morgan fingerprint density at radius 1 is 0.921 bits per heavy atom. The highest BCUT2D eigenvalue weighted by atomic mass is 19.1. The van der Waals surface area contributed by atoms with Crippen molar-refractivity contribution in [1.29, 1.82) is 0 Å². The molecule has 4 aromatic carbocycles. The molecule has 1 atom stereocenters. The summed E-state index contributed by atoms with van der Waals surface area (Å²) in [6.07, 6.45) is 0.817. The van der Waals surface area contributed by atoms with E-state index in [2.05, 4.69) is 11.4 Å². The first kappa shape index (κ1) is 22.5. The molecule has 4 aromatic rings. The van der Waals surface area contributed by atoms with Crippen LogP contribution in [-0.4, -0.2) is 25.0 Å². The van der Waals surface area contributed by atoms with Crippen LogP contribution in [0.5, 0.6) is 11.5 Å². The van der Waals surface area contributed by atoms with Gasteiger partial charge in [-0.3, -0.25) is 9.59 Å². The lowest BCUT2D eigenvalue weighted by Gasteiger charge is -2.23. The molecule has 7 rings (SSSR count). The Hall–Kier alpha value is -4.65. The molecule has 1 unspecified atom stereocenters. The summed E-state index contributed by atoms with van der Waals surface area (Å²) in [5.74, 6) is 0.755. The van der Waals surface area contributed by atoms with Crippen molar-refractivity contribution in [3.8, 4) is 11.5 Å². The molecule has 0 saturated heterocycles. The van der Waals surface area contributed by atoms with E-state index in [1.807, 2.05) is 42.5 Å². The molecule has 2 amide bonds. The summed E-state index contributed by atoms with van der Waals surface area (Å²) >= 11 is 0. The largest absolute Gasteiger partial charge is 0.493 e. The van der Waals surface area contributed by atoms with E-state index in [1.165, 1.54) is 12.1 Å². The number of carbonyl (C=O) groups excluding carboxylic acids is 2. The highest BCUT2D eigenvalue weighted by molar-refractivity contribution is 6.11. The van der Waals surface area contributed by atoms with Crippen LogP contribution < -0.4 is 19.7 Å². The molecular formula is C31H23FN2O4. The van der Waals surface area contributed by atoms with Gasteiger partial charge in [0.15, 0.2) is 0 Å². The summed E-state index contributed by atoms with van der Waals surface area (Å²) in [7, 11) is 0. The van der Waals surface area contributed by atoms with Crippen molar-refractivity contribution in [3.63, 3.8) is 0 Å². The molecule has 0 radical (unpaired) electrons. The van der Waals surface area contributed by atoms with Gasteiger partial charge in [0.1, 0.15) is 29.3 Å². The van der Waals surface area contributed by atoms with Crippen LogP contribution in [0.25, 0.3) is 0 Å². The highest BCUT2D eigenvalue weighted by Gasteiger charge is 2.57. The third kappa shape index (κ3) is 3.39. The van der Waals surface area contributed by atoms with Crippen LogP contribution in [0.4, 0.5) is 15.8 Å². The molecule has 7 heteroatoms. The summed E-state index contributed by atoms with van der Waals surface area (Å²) in [5.41, 5.74) is 4.61. The number of para-hydroxylation sites is 1. The summed E-state index contributed by atoms with van der Waals surface area (Å²) in [6.45, 7) is 1.24. The van der Waals surface area contributed by atoms with Gasteiger partial charge in [-0.2, -0.15) is 0 Å². The average Bonchev–Trinajstić information content (AvgIpc) is 3.60. The lowest BCUT2D eigenvalue weighted by Crippen LogP contribution is -2.42. The van der Waals surface area contributed by atoms with Gasteiger partial charge < -0.3 is 19.7 Å². The van der Waals surface area contributed by atoms with Crippen LogP contribution in [0.15, 0.2) is 84.9 Å². The third-order valence-corrected chi connectivity index (χ3v) is 7.60. The average molecular weight is 507 g/mol. The highest BCUT2D eigenvalue weighted by Crippen LogP contribution is 2.54. The second kappa shape index (κ2) is 8.45. The number of amides is 2. The lowest BCUT2D eigenvalue weighted by molar-refractivity contribution is -0.122. The molecule has 1 N–H and O–H groups in total. The van der Waals surface area contributed by atoms with E-state index >= 15 is 0 Å². The molecule has 3 heterocycles. The summed E-state index contributed by atoms with van der Waals surface area (Å²) < 4.78 is 25.3. The molecular weight excluding hydrogens is 483 g/mol. The molecule has 0 saturated carbocycles.